The summed E-state index contributed by atoms with van der Waals surface area (Å²) in [6.07, 6.45) is 11.0. The van der Waals surface area contributed by atoms with Crippen LogP contribution in [0.2, 0.25) is 0 Å². The van der Waals surface area contributed by atoms with Crippen LogP contribution in [0.3, 0.4) is 0 Å². The Morgan fingerprint density at radius 1 is 1.11 bits per heavy atom. The number of phenols is 1. The monoisotopic (exact) mass is 363 g/mol. The molecule has 1 aromatic carbocycles. The van der Waals surface area contributed by atoms with Gasteiger partial charge in [-0.15, -0.1) is 10.2 Å². The maximum atomic E-state index is 10.2. The number of phenolic OH excluding ortho intramolecular Hbond substituents is 1. The van der Waals surface area contributed by atoms with E-state index < -0.39 is 0 Å². The highest BCUT2D eigenvalue weighted by Gasteiger charge is 2.13. The quantitative estimate of drug-likeness (QED) is 0.726. The summed E-state index contributed by atoms with van der Waals surface area (Å²) in [5.41, 5.74) is 4.19. The van der Waals surface area contributed by atoms with Gasteiger partial charge >= 0.3 is 0 Å². The number of nitrogens with zero attached hydrogens (tertiary/aromatic N) is 4. The third-order valence-corrected chi connectivity index (χ3v) is 5.22. The van der Waals surface area contributed by atoms with Crippen LogP contribution < -0.4 is 5.32 Å². The maximum absolute atomic E-state index is 10.2. The molecule has 6 heteroatoms. The maximum Gasteiger partial charge on any atom is 0.142 e. The Kier molecular flexibility index (Phi) is 5.16. The van der Waals surface area contributed by atoms with Gasteiger partial charge in [-0.25, -0.2) is 4.98 Å². The van der Waals surface area contributed by atoms with Gasteiger partial charge in [-0.2, -0.15) is 0 Å². The second kappa shape index (κ2) is 7.88. The summed E-state index contributed by atoms with van der Waals surface area (Å²) < 4.78 is 1.80. The van der Waals surface area contributed by atoms with Gasteiger partial charge in [0.25, 0.3) is 0 Å². The molecule has 0 saturated carbocycles. The van der Waals surface area contributed by atoms with Crippen LogP contribution in [0.25, 0.3) is 16.9 Å². The smallest absolute Gasteiger partial charge is 0.142 e. The molecule has 3 heterocycles. The molecular weight excluding hydrogens is 338 g/mol. The zero-order valence-corrected chi connectivity index (χ0v) is 15.6. The Labute approximate surface area is 159 Å². The minimum absolute atomic E-state index is 0.305. The lowest BCUT2D eigenvalue weighted by atomic mass is 9.96. The van der Waals surface area contributed by atoms with E-state index in [1.807, 2.05) is 19.2 Å². The molecule has 27 heavy (non-hydrogen) atoms. The molecule has 1 aliphatic heterocycles. The van der Waals surface area contributed by atoms with E-state index in [4.69, 9.17) is 0 Å². The summed E-state index contributed by atoms with van der Waals surface area (Å²) >= 11 is 0. The van der Waals surface area contributed by atoms with Crippen molar-refractivity contribution >= 4 is 0 Å². The van der Waals surface area contributed by atoms with E-state index in [0.29, 0.717) is 11.8 Å². The van der Waals surface area contributed by atoms with Gasteiger partial charge in [0.15, 0.2) is 0 Å². The van der Waals surface area contributed by atoms with Gasteiger partial charge in [-0.1, -0.05) is 12.5 Å². The van der Waals surface area contributed by atoms with Crippen molar-refractivity contribution in [1.29, 1.82) is 0 Å². The minimum atomic E-state index is 0.305. The number of rotatable bonds is 5. The molecule has 0 radical (unpaired) electrons. The molecule has 6 nitrogen and oxygen atoms in total. The standard InChI is InChI=1S/C21H25N5O/c1-15-8-18(12-23-21(15)26-13-24-25-14-26)17-9-16(10-20(27)11-17)5-6-19-4-2-3-7-22-19/h8-14,19,22,27H,2-7H2,1H3/t19-/m0/s1. The molecule has 3 aromatic rings. The number of benzene rings is 1. The van der Waals surface area contributed by atoms with Crippen LogP contribution >= 0.6 is 0 Å². The lowest BCUT2D eigenvalue weighted by molar-refractivity contribution is 0.382. The summed E-state index contributed by atoms with van der Waals surface area (Å²) in [7, 11) is 0. The molecule has 140 valence electrons. The molecule has 2 N–H and O–H groups in total. The number of pyridine rings is 1. The van der Waals surface area contributed by atoms with Gasteiger partial charge in [-0.05, 0) is 74.0 Å². The number of nitrogens with one attached hydrogen (secondary N) is 1. The van der Waals surface area contributed by atoms with E-state index in [9.17, 15) is 5.11 Å². The Balaban J connectivity index is 1.54. The second-order valence-corrected chi connectivity index (χ2v) is 7.31. The number of hydrogen-bond donors (Lipinski definition) is 2. The summed E-state index contributed by atoms with van der Waals surface area (Å²) in [5.74, 6) is 1.12. The van der Waals surface area contributed by atoms with Crippen LogP contribution in [0.4, 0.5) is 0 Å². The largest absolute Gasteiger partial charge is 0.508 e. The normalized spacial score (nSPS) is 17.1. The highest BCUT2D eigenvalue weighted by Crippen LogP contribution is 2.28. The van der Waals surface area contributed by atoms with Gasteiger partial charge < -0.3 is 10.4 Å². The Morgan fingerprint density at radius 2 is 1.96 bits per heavy atom. The van der Waals surface area contributed by atoms with Crippen molar-refractivity contribution in [2.45, 2.75) is 45.1 Å². The lowest BCUT2D eigenvalue weighted by Crippen LogP contribution is -2.34. The van der Waals surface area contributed by atoms with E-state index in [-0.39, 0.29) is 0 Å². The molecule has 4 rings (SSSR count). The van der Waals surface area contributed by atoms with Crippen molar-refractivity contribution in [1.82, 2.24) is 25.1 Å². The molecule has 0 unspecified atom stereocenters. The molecular formula is C21H25N5O. The number of aryl methyl sites for hydroxylation is 2. The molecule has 0 spiro atoms. The first kappa shape index (κ1) is 17.7. The number of piperidine rings is 1. The highest BCUT2D eigenvalue weighted by molar-refractivity contribution is 5.67. The second-order valence-electron chi connectivity index (χ2n) is 7.31. The van der Waals surface area contributed by atoms with Crippen LogP contribution in [-0.4, -0.2) is 37.4 Å². The average molecular weight is 363 g/mol. The predicted octanol–water partition coefficient (Wildman–Crippen LogP) is 3.42. The van der Waals surface area contributed by atoms with Crippen molar-refractivity contribution in [3.05, 3.63) is 54.2 Å². The molecule has 0 amide bonds. The lowest BCUT2D eigenvalue weighted by Gasteiger charge is -2.23. The summed E-state index contributed by atoms with van der Waals surface area (Å²) in [6.45, 7) is 3.14. The molecule has 1 fully saturated rings. The number of aromatic nitrogens is 4. The number of hydrogen-bond acceptors (Lipinski definition) is 5. The van der Waals surface area contributed by atoms with Crippen molar-refractivity contribution in [2.75, 3.05) is 6.54 Å². The number of aromatic hydroxyl groups is 1. The first-order chi connectivity index (χ1) is 13.2. The first-order valence-corrected chi connectivity index (χ1v) is 9.57. The van der Waals surface area contributed by atoms with E-state index in [2.05, 4.69) is 32.6 Å². The van der Waals surface area contributed by atoms with Crippen LogP contribution in [0.15, 0.2) is 43.1 Å². The van der Waals surface area contributed by atoms with Crippen LogP contribution in [0, 0.1) is 6.92 Å². The van der Waals surface area contributed by atoms with Crippen LogP contribution in [0.1, 0.15) is 36.8 Å². The third kappa shape index (κ3) is 4.17. The van der Waals surface area contributed by atoms with Crippen molar-refractivity contribution in [3.63, 3.8) is 0 Å². The first-order valence-electron chi connectivity index (χ1n) is 9.57. The minimum Gasteiger partial charge on any atom is -0.508 e. The fourth-order valence-electron chi connectivity index (χ4n) is 3.80. The highest BCUT2D eigenvalue weighted by atomic mass is 16.3. The molecule has 2 aromatic heterocycles. The van der Waals surface area contributed by atoms with Gasteiger partial charge in [0.2, 0.25) is 0 Å². The van der Waals surface area contributed by atoms with E-state index in [1.54, 1.807) is 23.3 Å². The van der Waals surface area contributed by atoms with Crippen LogP contribution in [-0.2, 0) is 6.42 Å². The zero-order chi connectivity index (χ0) is 18.6. The zero-order valence-electron chi connectivity index (χ0n) is 15.6. The Bertz CT molecular complexity index is 901. The molecule has 1 aliphatic rings. The van der Waals surface area contributed by atoms with Crippen LogP contribution in [0.5, 0.6) is 5.75 Å². The molecule has 0 aliphatic carbocycles. The molecule has 1 saturated heterocycles. The summed E-state index contributed by atoms with van der Waals surface area (Å²) in [5, 5.41) is 21.5. The van der Waals surface area contributed by atoms with Crippen molar-refractivity contribution < 1.29 is 5.11 Å². The SMILES string of the molecule is Cc1cc(-c2cc(O)cc(CC[C@@H]3CCCCN3)c2)cnc1-n1cnnc1. The van der Waals surface area contributed by atoms with E-state index in [0.717, 1.165) is 47.5 Å². The molecule has 0 bridgehead atoms. The molecule has 1 atom stereocenters. The predicted molar refractivity (Wildman–Crippen MR) is 105 cm³/mol. The third-order valence-electron chi connectivity index (χ3n) is 5.22. The fraction of sp³-hybridized carbons (Fsp3) is 0.381. The average Bonchev–Trinajstić information content (AvgIpc) is 3.21. The van der Waals surface area contributed by atoms with Gasteiger partial charge in [0, 0.05) is 17.8 Å². The van der Waals surface area contributed by atoms with E-state index >= 15 is 0 Å². The fourth-order valence-corrected chi connectivity index (χ4v) is 3.80. The topological polar surface area (TPSA) is 75.9 Å². The summed E-state index contributed by atoms with van der Waals surface area (Å²) in [4.78, 5) is 4.57. The van der Waals surface area contributed by atoms with Crippen molar-refractivity contribution in [3.8, 4) is 22.7 Å². The van der Waals surface area contributed by atoms with Gasteiger partial charge in [0.1, 0.15) is 24.2 Å². The summed E-state index contributed by atoms with van der Waals surface area (Å²) in [6, 6.07) is 8.52. The van der Waals surface area contributed by atoms with E-state index in [1.165, 1.54) is 19.3 Å². The Hall–Kier alpha value is -2.73. The van der Waals surface area contributed by atoms with Gasteiger partial charge in [-0.3, -0.25) is 4.57 Å². The Morgan fingerprint density at radius 3 is 2.70 bits per heavy atom. The van der Waals surface area contributed by atoms with Gasteiger partial charge in [0.05, 0.1) is 0 Å². The van der Waals surface area contributed by atoms with Crippen molar-refractivity contribution in [2.24, 2.45) is 0 Å².